The number of aromatic nitrogens is 4. The van der Waals surface area contributed by atoms with Crippen molar-refractivity contribution in [3.63, 3.8) is 0 Å². The highest BCUT2D eigenvalue weighted by atomic mass is 35.5. The van der Waals surface area contributed by atoms with E-state index >= 15 is 0 Å². The summed E-state index contributed by atoms with van der Waals surface area (Å²) in [5, 5.41) is 7.10. The van der Waals surface area contributed by atoms with Crippen LogP contribution >= 0.6 is 22.9 Å². The van der Waals surface area contributed by atoms with Crippen molar-refractivity contribution in [2.24, 2.45) is 0 Å². The first kappa shape index (κ1) is 17.9. The smallest absolute Gasteiger partial charge is 0.276 e. The van der Waals surface area contributed by atoms with Crippen molar-refractivity contribution >= 4 is 28.5 Å². The molecule has 0 spiro atoms. The Morgan fingerprint density at radius 3 is 2.86 bits per heavy atom. The van der Waals surface area contributed by atoms with Crippen LogP contribution in [0.15, 0.2) is 69.5 Å². The molecule has 0 aliphatic heterocycles. The molecule has 144 valence electrons. The Hall–Kier alpha value is -3.16. The molecule has 0 amide bonds. The summed E-state index contributed by atoms with van der Waals surface area (Å²) in [5.74, 6) is 1.15. The molecule has 6 nitrogen and oxygen atoms in total. The first-order valence-corrected chi connectivity index (χ1v) is 10.2. The number of hydrogen-bond acceptors (Lipinski definition) is 5. The molecule has 0 saturated carbocycles. The fourth-order valence-corrected chi connectivity index (χ4v) is 4.05. The zero-order chi connectivity index (χ0) is 20.0. The molecule has 0 saturated heterocycles. The largest absolute Gasteiger partial charge is 0.441 e. The van der Waals surface area contributed by atoms with E-state index in [2.05, 4.69) is 10.1 Å². The van der Waals surface area contributed by atoms with Crippen molar-refractivity contribution in [2.45, 2.75) is 13.5 Å². The summed E-state index contributed by atoms with van der Waals surface area (Å²) < 4.78 is 9.03. The van der Waals surface area contributed by atoms with E-state index < -0.39 is 0 Å². The van der Waals surface area contributed by atoms with Crippen LogP contribution in [-0.4, -0.2) is 19.2 Å². The standard InChI is InChI=1S/C21H15ClN4O2S/c1-13-17(23-20(28-13)14-4-2-5-15(22)10-14)12-25-7-8-26-18(21(25)27)11-16(24-26)19-6-3-9-29-19/h2-11H,12H2,1H3. The number of hydrogen-bond donors (Lipinski definition) is 0. The van der Waals surface area contributed by atoms with Crippen LogP contribution in [0.3, 0.4) is 0 Å². The van der Waals surface area contributed by atoms with E-state index in [1.54, 1.807) is 44.9 Å². The van der Waals surface area contributed by atoms with E-state index in [4.69, 9.17) is 16.0 Å². The molecule has 8 heteroatoms. The van der Waals surface area contributed by atoms with Crippen molar-refractivity contribution in [2.75, 3.05) is 0 Å². The summed E-state index contributed by atoms with van der Waals surface area (Å²) in [6.45, 7) is 2.15. The Bertz CT molecular complexity index is 1380. The Morgan fingerprint density at radius 1 is 1.17 bits per heavy atom. The Kier molecular flexibility index (Phi) is 4.34. The highest BCUT2D eigenvalue weighted by Crippen LogP contribution is 2.25. The van der Waals surface area contributed by atoms with E-state index in [9.17, 15) is 4.79 Å². The monoisotopic (exact) mass is 422 g/mol. The second kappa shape index (κ2) is 7.02. The number of rotatable bonds is 4. The van der Waals surface area contributed by atoms with Crippen LogP contribution in [0.2, 0.25) is 5.02 Å². The minimum Gasteiger partial charge on any atom is -0.441 e. The van der Waals surface area contributed by atoms with Crippen molar-refractivity contribution in [1.82, 2.24) is 19.2 Å². The molecule has 4 heterocycles. The van der Waals surface area contributed by atoms with Gasteiger partial charge in [0.1, 0.15) is 22.7 Å². The molecule has 5 rings (SSSR count). The summed E-state index contributed by atoms with van der Waals surface area (Å²) in [6.07, 6.45) is 3.49. The van der Waals surface area contributed by atoms with Crippen molar-refractivity contribution in [3.05, 3.63) is 87.1 Å². The van der Waals surface area contributed by atoms with E-state index in [1.165, 1.54) is 0 Å². The molecule has 0 aliphatic carbocycles. The zero-order valence-electron chi connectivity index (χ0n) is 15.4. The Labute approximate surface area is 174 Å². The van der Waals surface area contributed by atoms with Crippen molar-refractivity contribution < 1.29 is 4.42 Å². The highest BCUT2D eigenvalue weighted by molar-refractivity contribution is 7.13. The Balaban J connectivity index is 1.51. The van der Waals surface area contributed by atoms with Gasteiger partial charge in [-0.3, -0.25) is 4.79 Å². The van der Waals surface area contributed by atoms with Gasteiger partial charge < -0.3 is 8.98 Å². The third-order valence-electron chi connectivity index (χ3n) is 4.66. The maximum absolute atomic E-state index is 13.0. The van der Waals surface area contributed by atoms with Crippen molar-refractivity contribution in [3.8, 4) is 22.0 Å². The lowest BCUT2D eigenvalue weighted by atomic mass is 10.2. The number of halogens is 1. The van der Waals surface area contributed by atoms with E-state index in [1.807, 2.05) is 42.6 Å². The molecular formula is C21H15ClN4O2S. The number of aryl methyl sites for hydroxylation is 1. The third-order valence-corrected chi connectivity index (χ3v) is 5.79. The number of nitrogens with zero attached hydrogens (tertiary/aromatic N) is 4. The van der Waals surface area contributed by atoms with Crippen LogP contribution in [-0.2, 0) is 6.54 Å². The lowest BCUT2D eigenvalue weighted by molar-refractivity contribution is 0.537. The van der Waals surface area contributed by atoms with Gasteiger partial charge in [0.15, 0.2) is 0 Å². The second-order valence-corrected chi connectivity index (χ2v) is 7.98. The molecule has 0 fully saturated rings. The average molecular weight is 423 g/mol. The van der Waals surface area contributed by atoms with E-state index in [0.717, 1.165) is 16.1 Å². The van der Waals surface area contributed by atoms with Gasteiger partial charge in [0.05, 0.1) is 11.4 Å². The first-order valence-electron chi connectivity index (χ1n) is 8.93. The van der Waals surface area contributed by atoms with Crippen LogP contribution in [0.25, 0.3) is 27.5 Å². The predicted molar refractivity (Wildman–Crippen MR) is 114 cm³/mol. The van der Waals surface area contributed by atoms with Crippen LogP contribution in [0.4, 0.5) is 0 Å². The number of fused-ring (bicyclic) bond motifs is 1. The minimum absolute atomic E-state index is 0.130. The van der Waals surface area contributed by atoms with Crippen LogP contribution < -0.4 is 5.56 Å². The molecule has 0 aliphatic rings. The quantitative estimate of drug-likeness (QED) is 0.413. The topological polar surface area (TPSA) is 65.3 Å². The number of oxazole rings is 1. The SMILES string of the molecule is Cc1oc(-c2cccc(Cl)c2)nc1Cn1ccn2nc(-c3cccs3)cc2c1=O. The lowest BCUT2D eigenvalue weighted by Crippen LogP contribution is -2.22. The molecule has 0 radical (unpaired) electrons. The van der Waals surface area contributed by atoms with Gasteiger partial charge in [0.25, 0.3) is 5.56 Å². The maximum Gasteiger partial charge on any atom is 0.276 e. The second-order valence-electron chi connectivity index (χ2n) is 6.60. The van der Waals surface area contributed by atoms with Crippen LogP contribution in [0.5, 0.6) is 0 Å². The molecule has 5 aromatic rings. The first-order chi connectivity index (χ1) is 14.1. The molecular weight excluding hydrogens is 408 g/mol. The molecule has 4 aromatic heterocycles. The van der Waals surface area contributed by atoms with Gasteiger partial charge in [-0.1, -0.05) is 23.7 Å². The number of benzene rings is 1. The van der Waals surface area contributed by atoms with Gasteiger partial charge in [-0.15, -0.1) is 11.3 Å². The molecule has 0 unspecified atom stereocenters. The fourth-order valence-electron chi connectivity index (χ4n) is 3.18. The van der Waals surface area contributed by atoms with E-state index in [0.29, 0.717) is 34.4 Å². The van der Waals surface area contributed by atoms with Gasteiger partial charge in [-0.25, -0.2) is 9.50 Å². The lowest BCUT2D eigenvalue weighted by Gasteiger charge is -2.03. The molecule has 1 aromatic carbocycles. The fraction of sp³-hybridized carbons (Fsp3) is 0.0952. The van der Waals surface area contributed by atoms with Crippen molar-refractivity contribution in [1.29, 1.82) is 0 Å². The summed E-state index contributed by atoms with van der Waals surface area (Å²) in [6, 6.07) is 13.1. The van der Waals surface area contributed by atoms with Gasteiger partial charge in [-0.2, -0.15) is 5.10 Å². The molecule has 0 N–H and O–H groups in total. The summed E-state index contributed by atoms with van der Waals surface area (Å²) in [4.78, 5) is 18.6. The van der Waals surface area contributed by atoms with Crippen LogP contribution in [0, 0.1) is 6.92 Å². The Morgan fingerprint density at radius 2 is 2.07 bits per heavy atom. The maximum atomic E-state index is 13.0. The average Bonchev–Trinajstić information content (AvgIpc) is 3.44. The van der Waals surface area contributed by atoms with E-state index in [-0.39, 0.29) is 5.56 Å². The van der Waals surface area contributed by atoms with Crippen LogP contribution in [0.1, 0.15) is 11.5 Å². The van der Waals surface area contributed by atoms with Gasteiger partial charge >= 0.3 is 0 Å². The summed E-state index contributed by atoms with van der Waals surface area (Å²) >= 11 is 7.65. The van der Waals surface area contributed by atoms with Gasteiger partial charge in [0.2, 0.25) is 5.89 Å². The predicted octanol–water partition coefficient (Wildman–Crippen LogP) is 4.89. The number of thiophene rings is 1. The molecule has 29 heavy (non-hydrogen) atoms. The summed E-state index contributed by atoms with van der Waals surface area (Å²) in [5.41, 5.74) is 2.67. The van der Waals surface area contributed by atoms with Gasteiger partial charge in [0, 0.05) is 23.0 Å². The normalized spacial score (nSPS) is 11.4. The third kappa shape index (κ3) is 3.28. The molecule has 0 bridgehead atoms. The zero-order valence-corrected chi connectivity index (χ0v) is 16.9. The molecule has 0 atom stereocenters. The summed E-state index contributed by atoms with van der Waals surface area (Å²) in [7, 11) is 0. The minimum atomic E-state index is -0.130. The highest BCUT2D eigenvalue weighted by Gasteiger charge is 2.15. The van der Waals surface area contributed by atoms with Gasteiger partial charge in [-0.05, 0) is 42.6 Å².